The SMILES string of the molecule is CCC1COC(C)CN1C(=O)c1cc(Br)cn1C(C)C. The van der Waals surface area contributed by atoms with E-state index in [0.717, 1.165) is 16.6 Å². The highest BCUT2D eigenvalue weighted by Gasteiger charge is 2.31. The molecular weight excluding hydrogens is 320 g/mol. The Morgan fingerprint density at radius 1 is 1.55 bits per heavy atom. The number of halogens is 1. The molecule has 1 aromatic heterocycles. The summed E-state index contributed by atoms with van der Waals surface area (Å²) < 4.78 is 8.65. The Morgan fingerprint density at radius 3 is 2.85 bits per heavy atom. The van der Waals surface area contributed by atoms with E-state index in [0.29, 0.717) is 13.2 Å². The summed E-state index contributed by atoms with van der Waals surface area (Å²) in [5.74, 6) is 0.103. The summed E-state index contributed by atoms with van der Waals surface area (Å²) in [5, 5.41) is 0. The van der Waals surface area contributed by atoms with Gasteiger partial charge in [0.15, 0.2) is 0 Å². The van der Waals surface area contributed by atoms with Crippen LogP contribution in [0.2, 0.25) is 0 Å². The number of carbonyl (C=O) groups excluding carboxylic acids is 1. The quantitative estimate of drug-likeness (QED) is 0.842. The lowest BCUT2D eigenvalue weighted by Crippen LogP contribution is -2.51. The molecule has 5 heteroatoms. The zero-order valence-corrected chi connectivity index (χ0v) is 14.2. The fourth-order valence-electron chi connectivity index (χ4n) is 2.62. The molecule has 1 aliphatic rings. The highest BCUT2D eigenvalue weighted by atomic mass is 79.9. The van der Waals surface area contributed by atoms with Crippen LogP contribution < -0.4 is 0 Å². The average molecular weight is 343 g/mol. The van der Waals surface area contributed by atoms with Gasteiger partial charge in [0.25, 0.3) is 5.91 Å². The summed E-state index contributed by atoms with van der Waals surface area (Å²) in [5.41, 5.74) is 0.749. The van der Waals surface area contributed by atoms with Gasteiger partial charge in [-0.15, -0.1) is 0 Å². The van der Waals surface area contributed by atoms with E-state index in [4.69, 9.17) is 4.74 Å². The van der Waals surface area contributed by atoms with Crippen LogP contribution in [0.25, 0.3) is 0 Å². The molecule has 20 heavy (non-hydrogen) atoms. The van der Waals surface area contributed by atoms with Crippen molar-refractivity contribution in [1.82, 2.24) is 9.47 Å². The van der Waals surface area contributed by atoms with Crippen molar-refractivity contribution in [2.45, 2.75) is 52.3 Å². The Balaban J connectivity index is 2.29. The largest absolute Gasteiger partial charge is 0.375 e. The lowest BCUT2D eigenvalue weighted by atomic mass is 10.1. The molecule has 0 bridgehead atoms. The van der Waals surface area contributed by atoms with Gasteiger partial charge < -0.3 is 14.2 Å². The fourth-order valence-corrected chi connectivity index (χ4v) is 3.06. The van der Waals surface area contributed by atoms with Gasteiger partial charge in [-0.25, -0.2) is 0 Å². The number of morpholine rings is 1. The predicted octanol–water partition coefficient (Wildman–Crippen LogP) is 3.47. The summed E-state index contributed by atoms with van der Waals surface area (Å²) in [7, 11) is 0. The van der Waals surface area contributed by atoms with Crippen molar-refractivity contribution in [3.63, 3.8) is 0 Å². The van der Waals surface area contributed by atoms with Gasteiger partial charge in [0.2, 0.25) is 0 Å². The fraction of sp³-hybridized carbons (Fsp3) is 0.667. The number of carbonyl (C=O) groups is 1. The molecule has 1 saturated heterocycles. The Morgan fingerprint density at radius 2 is 2.25 bits per heavy atom. The Labute approximate surface area is 129 Å². The Bertz CT molecular complexity index is 484. The van der Waals surface area contributed by atoms with Crippen molar-refractivity contribution >= 4 is 21.8 Å². The topological polar surface area (TPSA) is 34.5 Å². The van der Waals surface area contributed by atoms with E-state index in [9.17, 15) is 4.79 Å². The van der Waals surface area contributed by atoms with Gasteiger partial charge in [0.1, 0.15) is 5.69 Å². The molecule has 0 radical (unpaired) electrons. The van der Waals surface area contributed by atoms with Gasteiger partial charge in [-0.1, -0.05) is 6.92 Å². The van der Waals surface area contributed by atoms with E-state index >= 15 is 0 Å². The van der Waals surface area contributed by atoms with Crippen LogP contribution in [0, 0.1) is 0 Å². The monoisotopic (exact) mass is 342 g/mol. The highest BCUT2D eigenvalue weighted by molar-refractivity contribution is 9.10. The van der Waals surface area contributed by atoms with E-state index < -0.39 is 0 Å². The summed E-state index contributed by atoms with van der Waals surface area (Å²) in [4.78, 5) is 14.8. The minimum Gasteiger partial charge on any atom is -0.375 e. The molecule has 1 aromatic rings. The summed E-state index contributed by atoms with van der Waals surface area (Å²) in [6.07, 6.45) is 3.00. The number of aromatic nitrogens is 1. The maximum atomic E-state index is 12.9. The van der Waals surface area contributed by atoms with Gasteiger partial charge in [-0.3, -0.25) is 4.79 Å². The molecule has 112 valence electrons. The lowest BCUT2D eigenvalue weighted by Gasteiger charge is -2.38. The first-order chi connectivity index (χ1) is 9.43. The Kier molecular flexibility index (Phi) is 4.91. The van der Waals surface area contributed by atoms with Crippen LogP contribution in [0.15, 0.2) is 16.7 Å². The number of hydrogen-bond acceptors (Lipinski definition) is 2. The molecule has 0 N–H and O–H groups in total. The molecule has 2 rings (SSSR count). The lowest BCUT2D eigenvalue weighted by molar-refractivity contribution is -0.0447. The van der Waals surface area contributed by atoms with Crippen molar-refractivity contribution in [3.8, 4) is 0 Å². The zero-order valence-electron chi connectivity index (χ0n) is 12.6. The van der Waals surface area contributed by atoms with Crippen LogP contribution >= 0.6 is 15.9 Å². The van der Waals surface area contributed by atoms with Crippen molar-refractivity contribution in [2.75, 3.05) is 13.2 Å². The third kappa shape index (κ3) is 3.09. The predicted molar refractivity (Wildman–Crippen MR) is 83.0 cm³/mol. The van der Waals surface area contributed by atoms with Crippen LogP contribution in [0.5, 0.6) is 0 Å². The summed E-state index contributed by atoms with van der Waals surface area (Å²) >= 11 is 3.47. The van der Waals surface area contributed by atoms with E-state index in [1.165, 1.54) is 0 Å². The van der Waals surface area contributed by atoms with Gasteiger partial charge in [0.05, 0.1) is 18.8 Å². The van der Waals surface area contributed by atoms with Crippen LogP contribution in [0.1, 0.15) is 50.6 Å². The maximum absolute atomic E-state index is 12.9. The summed E-state index contributed by atoms with van der Waals surface area (Å²) in [6.45, 7) is 9.58. The number of amides is 1. The molecular formula is C15H23BrN2O2. The minimum atomic E-state index is 0.103. The molecule has 1 fully saturated rings. The summed E-state index contributed by atoms with van der Waals surface area (Å²) in [6, 6.07) is 2.35. The normalized spacial score (nSPS) is 23.4. The third-order valence-electron chi connectivity index (χ3n) is 3.79. The molecule has 1 aliphatic heterocycles. The molecule has 0 spiro atoms. The van der Waals surface area contributed by atoms with Gasteiger partial charge in [-0.05, 0) is 49.2 Å². The van der Waals surface area contributed by atoms with Gasteiger partial charge in [0, 0.05) is 23.3 Å². The smallest absolute Gasteiger partial charge is 0.270 e. The first-order valence-corrected chi connectivity index (χ1v) is 8.03. The molecule has 0 aromatic carbocycles. The molecule has 2 heterocycles. The molecule has 2 unspecified atom stereocenters. The third-order valence-corrected chi connectivity index (χ3v) is 4.22. The van der Waals surface area contributed by atoms with Crippen LogP contribution in [-0.2, 0) is 4.74 Å². The molecule has 1 amide bonds. The number of ether oxygens (including phenoxy) is 1. The van der Waals surface area contributed by atoms with Crippen molar-refractivity contribution in [3.05, 3.63) is 22.4 Å². The van der Waals surface area contributed by atoms with Crippen molar-refractivity contribution in [1.29, 1.82) is 0 Å². The van der Waals surface area contributed by atoms with Gasteiger partial charge >= 0.3 is 0 Å². The number of hydrogen-bond donors (Lipinski definition) is 0. The standard InChI is InChI=1S/C15H23BrN2O2/c1-5-13-9-20-11(4)7-18(13)15(19)14-6-12(16)8-17(14)10(2)3/h6,8,10-11,13H,5,7,9H2,1-4H3. The van der Waals surface area contributed by atoms with Crippen molar-refractivity contribution < 1.29 is 9.53 Å². The zero-order chi connectivity index (χ0) is 14.9. The second-order valence-corrected chi connectivity index (χ2v) is 6.62. The molecule has 4 nitrogen and oxygen atoms in total. The maximum Gasteiger partial charge on any atom is 0.270 e. The highest BCUT2D eigenvalue weighted by Crippen LogP contribution is 2.23. The molecule has 0 aliphatic carbocycles. The van der Waals surface area contributed by atoms with Crippen LogP contribution in [0.3, 0.4) is 0 Å². The second kappa shape index (κ2) is 6.31. The number of nitrogens with zero attached hydrogens (tertiary/aromatic N) is 2. The molecule has 0 saturated carbocycles. The Hall–Kier alpha value is -0.810. The van der Waals surface area contributed by atoms with E-state index in [2.05, 4.69) is 36.7 Å². The van der Waals surface area contributed by atoms with E-state index in [1.807, 2.05) is 28.7 Å². The van der Waals surface area contributed by atoms with Crippen LogP contribution in [-0.4, -0.2) is 40.7 Å². The minimum absolute atomic E-state index is 0.103. The second-order valence-electron chi connectivity index (χ2n) is 5.71. The first kappa shape index (κ1) is 15.6. The van der Waals surface area contributed by atoms with Gasteiger partial charge in [-0.2, -0.15) is 0 Å². The van der Waals surface area contributed by atoms with E-state index in [-0.39, 0.29) is 24.1 Å². The molecule has 2 atom stereocenters. The van der Waals surface area contributed by atoms with Crippen molar-refractivity contribution in [2.24, 2.45) is 0 Å². The average Bonchev–Trinajstić information content (AvgIpc) is 2.80. The van der Waals surface area contributed by atoms with Crippen LogP contribution in [0.4, 0.5) is 0 Å². The first-order valence-electron chi connectivity index (χ1n) is 7.24. The number of rotatable bonds is 3. The van der Waals surface area contributed by atoms with E-state index in [1.54, 1.807) is 0 Å².